The highest BCUT2D eigenvalue weighted by atomic mass is 19.4. The zero-order valence-corrected chi connectivity index (χ0v) is 16.7. The summed E-state index contributed by atoms with van der Waals surface area (Å²) in [5, 5.41) is 36.2. The smallest absolute Gasteiger partial charge is 0.457 e. The molecule has 0 amide bonds. The van der Waals surface area contributed by atoms with Crippen molar-refractivity contribution in [1.29, 1.82) is 0 Å². The topological polar surface area (TPSA) is 212 Å². The van der Waals surface area contributed by atoms with Crippen LogP contribution in [0.25, 0.3) is 0 Å². The lowest BCUT2D eigenvalue weighted by atomic mass is 9.80. The first-order valence-corrected chi connectivity index (χ1v) is 8.32. The summed E-state index contributed by atoms with van der Waals surface area (Å²) in [6.45, 7) is 0. The van der Waals surface area contributed by atoms with Gasteiger partial charge in [-0.2, -0.15) is 22.0 Å². The molecule has 0 aliphatic rings. The molecule has 2 aromatic rings. The van der Waals surface area contributed by atoms with E-state index in [-0.39, 0.29) is 47.4 Å². The third-order valence-electron chi connectivity index (χ3n) is 4.55. The summed E-state index contributed by atoms with van der Waals surface area (Å²) in [5.74, 6) is -14.3. The van der Waals surface area contributed by atoms with Crippen molar-refractivity contribution in [2.45, 2.75) is 17.8 Å². The number of carboxylic acids is 4. The Morgan fingerprint density at radius 1 is 0.543 bits per heavy atom. The van der Waals surface area contributed by atoms with E-state index in [9.17, 15) is 41.1 Å². The fourth-order valence-electron chi connectivity index (χ4n) is 2.97. The van der Waals surface area contributed by atoms with E-state index in [1.165, 1.54) is 0 Å². The highest BCUT2D eigenvalue weighted by molar-refractivity contribution is 6.02. The molecule has 0 aliphatic heterocycles. The molecule has 0 unspecified atom stereocenters. The second-order valence-corrected chi connectivity index (χ2v) is 6.47. The van der Waals surface area contributed by atoms with Gasteiger partial charge in [0.05, 0.1) is 22.3 Å². The van der Waals surface area contributed by atoms with Crippen LogP contribution in [-0.2, 0) is 5.67 Å². The maximum absolute atomic E-state index is 15.9. The maximum atomic E-state index is 15.9. The first-order chi connectivity index (χ1) is 15.0. The van der Waals surface area contributed by atoms with Gasteiger partial charge < -0.3 is 31.4 Å². The molecular formula is C19H14F6O10. The largest absolute Gasteiger partial charge is 0.478 e. The van der Waals surface area contributed by atoms with E-state index >= 15 is 4.39 Å². The van der Waals surface area contributed by atoms with Crippen LogP contribution in [0.3, 0.4) is 0 Å². The Kier molecular flexibility index (Phi) is 8.79. The van der Waals surface area contributed by atoms with E-state index in [0.717, 1.165) is 0 Å². The monoisotopic (exact) mass is 516 g/mol. The number of carboxylic acid groups (broad SMARTS) is 4. The van der Waals surface area contributed by atoms with Crippen molar-refractivity contribution in [2.24, 2.45) is 0 Å². The van der Waals surface area contributed by atoms with E-state index in [0.29, 0.717) is 0 Å². The summed E-state index contributed by atoms with van der Waals surface area (Å²) < 4.78 is 84.6. The maximum Gasteiger partial charge on any atom is 0.457 e. The average Bonchev–Trinajstić information content (AvgIpc) is 2.70. The Morgan fingerprint density at radius 3 is 1.06 bits per heavy atom. The van der Waals surface area contributed by atoms with Crippen LogP contribution in [0.15, 0.2) is 36.4 Å². The van der Waals surface area contributed by atoms with Gasteiger partial charge in [-0.15, -0.1) is 0 Å². The number of aromatic carboxylic acids is 4. The number of carbonyl (C=O) groups is 4. The van der Waals surface area contributed by atoms with Crippen molar-refractivity contribution in [3.63, 3.8) is 0 Å². The fraction of sp³-hybridized carbons (Fsp3) is 0.158. The van der Waals surface area contributed by atoms with Crippen LogP contribution in [-0.4, -0.2) is 67.4 Å². The predicted molar refractivity (Wildman–Crippen MR) is 101 cm³/mol. The summed E-state index contributed by atoms with van der Waals surface area (Å²) >= 11 is 0. The summed E-state index contributed by atoms with van der Waals surface area (Å²) in [5.41, 5.74) is -13.1. The van der Waals surface area contributed by atoms with Crippen molar-refractivity contribution >= 4 is 23.9 Å². The van der Waals surface area contributed by atoms with Crippen LogP contribution in [0.4, 0.5) is 26.3 Å². The van der Waals surface area contributed by atoms with Gasteiger partial charge in [0.15, 0.2) is 0 Å². The fourth-order valence-corrected chi connectivity index (χ4v) is 2.97. The van der Waals surface area contributed by atoms with E-state index in [4.69, 9.17) is 20.4 Å². The zero-order chi connectivity index (χ0) is 25.5. The van der Waals surface area contributed by atoms with Gasteiger partial charge in [-0.05, 0) is 24.3 Å². The molecule has 192 valence electrons. The third-order valence-corrected chi connectivity index (χ3v) is 4.55. The first kappa shape index (κ1) is 30.8. The molecule has 2 rings (SSSR count). The molecule has 0 bridgehead atoms. The van der Waals surface area contributed by atoms with E-state index < -0.39 is 75.0 Å². The van der Waals surface area contributed by atoms with E-state index in [1.807, 2.05) is 0 Å². The molecule has 8 N–H and O–H groups in total. The first-order valence-electron chi connectivity index (χ1n) is 8.32. The number of halogens is 6. The molecule has 16 heteroatoms. The van der Waals surface area contributed by atoms with Crippen LogP contribution in [0, 0.1) is 0 Å². The molecule has 0 aromatic heterocycles. The SMILES string of the molecule is O.O.O=C(O)c1ccc(C(F)(c2ccc(C(=O)O)c(C(=O)O)c2)C(F)(F)C(F)(F)F)cc1C(=O)O. The molecule has 0 aliphatic carbocycles. The minimum atomic E-state index is -6.61. The predicted octanol–water partition coefficient (Wildman–Crippen LogP) is 2.24. The van der Waals surface area contributed by atoms with E-state index in [1.54, 1.807) is 0 Å². The molecule has 10 nitrogen and oxygen atoms in total. The van der Waals surface area contributed by atoms with Crippen LogP contribution < -0.4 is 0 Å². The summed E-state index contributed by atoms with van der Waals surface area (Å²) in [4.78, 5) is 44.9. The van der Waals surface area contributed by atoms with Gasteiger partial charge in [-0.1, -0.05) is 12.1 Å². The minimum Gasteiger partial charge on any atom is -0.478 e. The molecule has 35 heavy (non-hydrogen) atoms. The van der Waals surface area contributed by atoms with Crippen molar-refractivity contribution in [2.75, 3.05) is 0 Å². The highest BCUT2D eigenvalue weighted by Gasteiger charge is 2.72. The normalized spacial score (nSPS) is 11.6. The number of hydrogen-bond acceptors (Lipinski definition) is 4. The van der Waals surface area contributed by atoms with Gasteiger partial charge in [0, 0.05) is 11.1 Å². The van der Waals surface area contributed by atoms with Gasteiger partial charge in [-0.25, -0.2) is 23.6 Å². The zero-order valence-electron chi connectivity index (χ0n) is 16.7. The summed E-state index contributed by atoms with van der Waals surface area (Å²) in [6.07, 6.45) is -6.61. The van der Waals surface area contributed by atoms with Gasteiger partial charge in [0.1, 0.15) is 0 Å². The minimum absolute atomic E-state index is 0. The van der Waals surface area contributed by atoms with Crippen LogP contribution in [0.5, 0.6) is 0 Å². The number of benzene rings is 2. The second kappa shape index (κ2) is 9.98. The molecule has 2 aromatic carbocycles. The van der Waals surface area contributed by atoms with Gasteiger partial charge in [0.2, 0.25) is 5.67 Å². The third kappa shape index (κ3) is 5.02. The molecule has 0 fully saturated rings. The molecule has 0 radical (unpaired) electrons. The van der Waals surface area contributed by atoms with Gasteiger partial charge in [-0.3, -0.25) is 0 Å². The van der Waals surface area contributed by atoms with Crippen LogP contribution in [0.1, 0.15) is 52.6 Å². The molecule has 0 saturated carbocycles. The molecule has 0 spiro atoms. The van der Waals surface area contributed by atoms with Crippen molar-refractivity contribution in [3.05, 3.63) is 69.8 Å². The molecular weight excluding hydrogens is 502 g/mol. The summed E-state index contributed by atoms with van der Waals surface area (Å²) in [7, 11) is 0. The van der Waals surface area contributed by atoms with Crippen LogP contribution in [0.2, 0.25) is 0 Å². The Bertz CT molecular complexity index is 1100. The lowest BCUT2D eigenvalue weighted by Gasteiger charge is -2.35. The highest BCUT2D eigenvalue weighted by Crippen LogP contribution is 2.54. The number of hydrogen-bond donors (Lipinski definition) is 4. The van der Waals surface area contributed by atoms with E-state index in [2.05, 4.69) is 0 Å². The molecule has 0 atom stereocenters. The van der Waals surface area contributed by atoms with Crippen molar-refractivity contribution in [3.8, 4) is 0 Å². The lowest BCUT2D eigenvalue weighted by Crippen LogP contribution is -2.53. The van der Waals surface area contributed by atoms with Crippen molar-refractivity contribution in [1.82, 2.24) is 0 Å². The Morgan fingerprint density at radius 2 is 0.829 bits per heavy atom. The van der Waals surface area contributed by atoms with Gasteiger partial charge >= 0.3 is 36.0 Å². The Labute approximate surface area is 189 Å². The standard InChI is InChI=1S/C19H10F6O8.2H2O/c20-17(18(21,22)19(23,24)25,7-1-3-9(13(26)27)11(5-7)15(30)31)8-2-4-10(14(28)29)12(6-8)16(32)33;;/h1-6H,(H,26,27)(H,28,29)(H,30,31)(H,32,33);2*1H2. The van der Waals surface area contributed by atoms with Crippen molar-refractivity contribution < 1.29 is 76.9 Å². The second-order valence-electron chi connectivity index (χ2n) is 6.47. The van der Waals surface area contributed by atoms with Crippen LogP contribution >= 0.6 is 0 Å². The molecule has 0 heterocycles. The molecule has 0 saturated heterocycles. The number of alkyl halides is 6. The lowest BCUT2D eigenvalue weighted by molar-refractivity contribution is -0.323. The Balaban J connectivity index is 0.00000578. The quantitative estimate of drug-likeness (QED) is 0.400. The summed E-state index contributed by atoms with van der Waals surface area (Å²) in [6, 6.07) is 0.785. The van der Waals surface area contributed by atoms with Gasteiger partial charge in [0.25, 0.3) is 0 Å². The average molecular weight is 516 g/mol. The number of rotatable bonds is 7. The Hall–Kier alpha value is -4.18.